The lowest BCUT2D eigenvalue weighted by atomic mass is 10.2. The molecule has 1 aromatic heterocycles. The lowest BCUT2D eigenvalue weighted by Gasteiger charge is -2.09. The van der Waals surface area contributed by atoms with Gasteiger partial charge in [-0.3, -0.25) is 0 Å². The van der Waals surface area contributed by atoms with Gasteiger partial charge in [0.25, 0.3) is 0 Å². The zero-order valence-corrected chi connectivity index (χ0v) is 17.8. The molecule has 0 aliphatic rings. The summed E-state index contributed by atoms with van der Waals surface area (Å²) in [4.78, 5) is 7.78. The fourth-order valence-corrected chi connectivity index (χ4v) is 2.80. The van der Waals surface area contributed by atoms with Gasteiger partial charge in [0.05, 0.1) is 20.8 Å². The van der Waals surface area contributed by atoms with Crippen LogP contribution in [0.25, 0.3) is 10.9 Å². The largest absolute Gasteiger partial charge is 0.493 e. The molecule has 0 amide bonds. The van der Waals surface area contributed by atoms with E-state index in [-0.39, 0.29) is 24.0 Å². The van der Waals surface area contributed by atoms with Gasteiger partial charge in [-0.1, -0.05) is 24.3 Å². The highest BCUT2D eigenvalue weighted by Crippen LogP contribution is 2.27. The van der Waals surface area contributed by atoms with Crippen molar-refractivity contribution in [2.24, 2.45) is 10.7 Å². The minimum Gasteiger partial charge on any atom is -0.493 e. The summed E-state index contributed by atoms with van der Waals surface area (Å²) in [6.07, 6.45) is 0.848. The van der Waals surface area contributed by atoms with Crippen LogP contribution in [-0.4, -0.2) is 31.7 Å². The Morgan fingerprint density at radius 2 is 1.85 bits per heavy atom. The molecule has 0 saturated heterocycles. The second-order valence-corrected chi connectivity index (χ2v) is 5.95. The molecule has 144 valence electrons. The standard InChI is InChI=1S/C20H24N4O2.HI/c1-25-18-8-7-14(11-19(18)26-2)13-23-20(21)22-10-9-16-12-15-5-3-4-6-17(15)24-16;/h3-8,11-12,24H,9-10,13H2,1-2H3,(H3,21,22,23);1H. The molecule has 2 aromatic carbocycles. The summed E-state index contributed by atoms with van der Waals surface area (Å²) in [7, 11) is 3.23. The number of aromatic amines is 1. The molecule has 0 spiro atoms. The highest BCUT2D eigenvalue weighted by molar-refractivity contribution is 14.0. The van der Waals surface area contributed by atoms with E-state index in [0.29, 0.717) is 30.5 Å². The average Bonchev–Trinajstić information content (AvgIpc) is 3.08. The van der Waals surface area contributed by atoms with Crippen LogP contribution in [0.3, 0.4) is 0 Å². The van der Waals surface area contributed by atoms with Crippen LogP contribution < -0.4 is 20.5 Å². The van der Waals surface area contributed by atoms with Crippen molar-refractivity contribution < 1.29 is 9.47 Å². The van der Waals surface area contributed by atoms with Gasteiger partial charge in [0.2, 0.25) is 0 Å². The maximum atomic E-state index is 5.96. The smallest absolute Gasteiger partial charge is 0.188 e. The number of benzene rings is 2. The first kappa shape index (κ1) is 20.9. The van der Waals surface area contributed by atoms with Crippen molar-refractivity contribution in [1.82, 2.24) is 10.3 Å². The predicted molar refractivity (Wildman–Crippen MR) is 120 cm³/mol. The molecule has 0 bridgehead atoms. The van der Waals surface area contributed by atoms with Crippen molar-refractivity contribution in [3.05, 3.63) is 59.8 Å². The molecule has 4 N–H and O–H groups in total. The number of fused-ring (bicyclic) bond motifs is 1. The minimum absolute atomic E-state index is 0. The molecule has 0 saturated carbocycles. The number of aromatic nitrogens is 1. The molecule has 0 aliphatic carbocycles. The number of hydrogen-bond donors (Lipinski definition) is 3. The summed E-state index contributed by atoms with van der Waals surface area (Å²) >= 11 is 0. The Kier molecular flexibility index (Phi) is 7.78. The molecule has 0 unspecified atom stereocenters. The number of methoxy groups -OCH3 is 2. The van der Waals surface area contributed by atoms with E-state index in [1.165, 1.54) is 11.1 Å². The van der Waals surface area contributed by atoms with E-state index in [0.717, 1.165) is 17.5 Å². The molecule has 0 radical (unpaired) electrons. The van der Waals surface area contributed by atoms with Gasteiger partial charge >= 0.3 is 0 Å². The van der Waals surface area contributed by atoms with E-state index in [9.17, 15) is 0 Å². The summed E-state index contributed by atoms with van der Waals surface area (Å²) in [5.74, 6) is 1.81. The molecule has 0 atom stereocenters. The summed E-state index contributed by atoms with van der Waals surface area (Å²) in [6.45, 7) is 1.19. The number of nitrogens with two attached hydrogens (primary N) is 1. The van der Waals surface area contributed by atoms with E-state index in [1.807, 2.05) is 30.3 Å². The third kappa shape index (κ3) is 5.53. The number of nitrogens with zero attached hydrogens (tertiary/aromatic N) is 1. The molecule has 3 aromatic rings. The van der Waals surface area contributed by atoms with Crippen LogP contribution in [-0.2, 0) is 13.0 Å². The Hall–Kier alpha value is -2.42. The second-order valence-electron chi connectivity index (χ2n) is 5.95. The third-order valence-corrected chi connectivity index (χ3v) is 4.17. The number of ether oxygens (including phenoxy) is 2. The third-order valence-electron chi connectivity index (χ3n) is 4.17. The van der Waals surface area contributed by atoms with Crippen LogP contribution in [0.1, 0.15) is 11.3 Å². The summed E-state index contributed by atoms with van der Waals surface area (Å²) in [5.41, 5.74) is 9.29. The number of hydrogen-bond acceptors (Lipinski definition) is 3. The number of rotatable bonds is 7. The first-order valence-electron chi connectivity index (χ1n) is 8.51. The van der Waals surface area contributed by atoms with Gasteiger partial charge in [0.1, 0.15) is 0 Å². The van der Waals surface area contributed by atoms with Gasteiger partial charge in [0.15, 0.2) is 17.5 Å². The Labute approximate surface area is 176 Å². The van der Waals surface area contributed by atoms with Crippen LogP contribution >= 0.6 is 24.0 Å². The summed E-state index contributed by atoms with van der Waals surface area (Å²) in [5, 5.41) is 4.37. The first-order valence-corrected chi connectivity index (χ1v) is 8.51. The fourth-order valence-electron chi connectivity index (χ4n) is 2.80. The second kappa shape index (κ2) is 10.1. The number of H-pyrrole nitrogens is 1. The SMILES string of the molecule is COc1ccc(CN=C(N)NCCc2cc3ccccc3[nH]2)cc1OC.I. The summed E-state index contributed by atoms with van der Waals surface area (Å²) in [6, 6.07) is 16.1. The molecular weight excluding hydrogens is 455 g/mol. The van der Waals surface area contributed by atoms with E-state index in [1.54, 1.807) is 14.2 Å². The number of aliphatic imine (C=N–C) groups is 1. The van der Waals surface area contributed by atoms with Gasteiger partial charge in [-0.25, -0.2) is 4.99 Å². The zero-order chi connectivity index (χ0) is 18.4. The van der Waals surface area contributed by atoms with Crippen molar-refractivity contribution in [2.45, 2.75) is 13.0 Å². The summed E-state index contributed by atoms with van der Waals surface area (Å²) < 4.78 is 10.5. The molecular formula is C20H25IN4O2. The normalized spacial score (nSPS) is 11.1. The van der Waals surface area contributed by atoms with Crippen molar-refractivity contribution >= 4 is 40.8 Å². The highest BCUT2D eigenvalue weighted by Gasteiger charge is 2.04. The monoisotopic (exact) mass is 480 g/mol. The topological polar surface area (TPSA) is 84.7 Å². The molecule has 6 nitrogen and oxygen atoms in total. The van der Waals surface area contributed by atoms with Crippen LogP contribution in [0, 0.1) is 0 Å². The van der Waals surface area contributed by atoms with Crippen LogP contribution in [0.5, 0.6) is 11.5 Å². The van der Waals surface area contributed by atoms with Crippen LogP contribution in [0.4, 0.5) is 0 Å². The Morgan fingerprint density at radius 3 is 2.59 bits per heavy atom. The van der Waals surface area contributed by atoms with Gasteiger partial charge < -0.3 is 25.5 Å². The fraction of sp³-hybridized carbons (Fsp3) is 0.250. The van der Waals surface area contributed by atoms with E-state index in [2.05, 4.69) is 33.5 Å². The maximum Gasteiger partial charge on any atom is 0.188 e. The molecule has 3 rings (SSSR count). The first-order chi connectivity index (χ1) is 12.7. The van der Waals surface area contributed by atoms with Crippen LogP contribution in [0.2, 0.25) is 0 Å². The molecule has 27 heavy (non-hydrogen) atoms. The van der Waals surface area contributed by atoms with Gasteiger partial charge in [-0.05, 0) is 35.2 Å². The van der Waals surface area contributed by atoms with Crippen molar-refractivity contribution in [1.29, 1.82) is 0 Å². The van der Waals surface area contributed by atoms with E-state index in [4.69, 9.17) is 15.2 Å². The molecule has 0 aliphatic heterocycles. The average molecular weight is 480 g/mol. The lowest BCUT2D eigenvalue weighted by molar-refractivity contribution is 0.354. The van der Waals surface area contributed by atoms with E-state index >= 15 is 0 Å². The number of nitrogens with one attached hydrogen (secondary N) is 2. The van der Waals surface area contributed by atoms with Crippen molar-refractivity contribution in [3.63, 3.8) is 0 Å². The van der Waals surface area contributed by atoms with Gasteiger partial charge in [-0.15, -0.1) is 24.0 Å². The minimum atomic E-state index is 0. The number of guanidine groups is 1. The van der Waals surface area contributed by atoms with Crippen LogP contribution in [0.15, 0.2) is 53.5 Å². The van der Waals surface area contributed by atoms with Crippen molar-refractivity contribution in [3.8, 4) is 11.5 Å². The van der Waals surface area contributed by atoms with Crippen molar-refractivity contribution in [2.75, 3.05) is 20.8 Å². The maximum absolute atomic E-state index is 5.96. The van der Waals surface area contributed by atoms with Gasteiger partial charge in [-0.2, -0.15) is 0 Å². The van der Waals surface area contributed by atoms with Gasteiger partial charge in [0, 0.05) is 24.2 Å². The van der Waals surface area contributed by atoms with E-state index < -0.39 is 0 Å². The Bertz CT molecular complexity index is 875. The predicted octanol–water partition coefficient (Wildman–Crippen LogP) is 3.45. The lowest BCUT2D eigenvalue weighted by Crippen LogP contribution is -2.33. The Morgan fingerprint density at radius 1 is 1.07 bits per heavy atom. The molecule has 1 heterocycles. The number of para-hydroxylation sites is 1. The molecule has 0 fully saturated rings. The Balaban J connectivity index is 0.00000261. The zero-order valence-electron chi connectivity index (χ0n) is 15.5. The quantitative estimate of drug-likeness (QED) is 0.275. The molecule has 7 heteroatoms. The number of halogens is 1. The highest BCUT2D eigenvalue weighted by atomic mass is 127.